The van der Waals surface area contributed by atoms with Crippen molar-refractivity contribution in [1.29, 1.82) is 0 Å². The molecule has 10 heteroatoms. The second-order valence-corrected chi connectivity index (χ2v) is 7.31. The molecule has 1 fully saturated rings. The number of amides is 2. The summed E-state index contributed by atoms with van der Waals surface area (Å²) in [6.45, 7) is 0.247. The Balaban J connectivity index is 2.22. The number of carbonyl (C=O) groups excluding carboxylic acids is 1. The first kappa shape index (κ1) is 19.0. The summed E-state index contributed by atoms with van der Waals surface area (Å²) in [7, 11) is -3.50. The summed E-state index contributed by atoms with van der Waals surface area (Å²) in [5.41, 5.74) is 0. The highest BCUT2D eigenvalue weighted by Crippen LogP contribution is 2.37. The standard InChI is InChI=1S/C12H22F3N3O3S/c13-12(14,15)9-4-3-5-10(8-9)18-11(19)17-6-1-2-7-22(16,20)21/h9-10H,1-8H2,(H2,16,20,21)(H2,17,18,19). The number of hydrogen-bond acceptors (Lipinski definition) is 3. The topological polar surface area (TPSA) is 101 Å². The van der Waals surface area contributed by atoms with E-state index in [1.165, 1.54) is 0 Å². The van der Waals surface area contributed by atoms with Crippen molar-refractivity contribution in [2.45, 2.75) is 50.7 Å². The number of primary sulfonamides is 1. The Hall–Kier alpha value is -1.03. The largest absolute Gasteiger partial charge is 0.391 e. The third-order valence-electron chi connectivity index (χ3n) is 3.61. The SMILES string of the molecule is NS(=O)(=O)CCCCNC(=O)NC1CCCC(C(F)(F)F)C1. The summed E-state index contributed by atoms with van der Waals surface area (Å²) in [5, 5.41) is 9.87. The molecule has 0 spiro atoms. The van der Waals surface area contributed by atoms with E-state index in [2.05, 4.69) is 10.6 Å². The van der Waals surface area contributed by atoms with E-state index in [1.807, 2.05) is 0 Å². The van der Waals surface area contributed by atoms with Crippen molar-refractivity contribution in [1.82, 2.24) is 10.6 Å². The lowest BCUT2D eigenvalue weighted by molar-refractivity contribution is -0.183. The van der Waals surface area contributed by atoms with E-state index in [0.717, 1.165) is 0 Å². The molecule has 22 heavy (non-hydrogen) atoms. The van der Waals surface area contributed by atoms with Gasteiger partial charge in [-0.15, -0.1) is 0 Å². The fourth-order valence-corrected chi connectivity index (χ4v) is 3.09. The second kappa shape index (κ2) is 8.00. The Bertz CT molecular complexity index is 468. The van der Waals surface area contributed by atoms with Crippen LogP contribution in [-0.2, 0) is 10.0 Å². The van der Waals surface area contributed by atoms with Gasteiger partial charge in [-0.2, -0.15) is 13.2 Å². The highest BCUT2D eigenvalue weighted by Gasteiger charge is 2.42. The first-order valence-electron chi connectivity index (χ1n) is 7.19. The summed E-state index contributed by atoms with van der Waals surface area (Å²) >= 11 is 0. The van der Waals surface area contributed by atoms with Gasteiger partial charge in [-0.3, -0.25) is 0 Å². The molecule has 0 heterocycles. The predicted octanol–water partition coefficient (Wildman–Crippen LogP) is 1.48. The van der Waals surface area contributed by atoms with Crippen LogP contribution in [0.25, 0.3) is 0 Å². The van der Waals surface area contributed by atoms with Gasteiger partial charge in [0.1, 0.15) is 0 Å². The number of carbonyl (C=O) groups is 1. The maximum absolute atomic E-state index is 12.6. The van der Waals surface area contributed by atoms with Crippen molar-refractivity contribution >= 4 is 16.1 Å². The van der Waals surface area contributed by atoms with Crippen LogP contribution >= 0.6 is 0 Å². The molecule has 0 aromatic heterocycles. The summed E-state index contributed by atoms with van der Waals surface area (Å²) in [5.74, 6) is -1.52. The zero-order valence-electron chi connectivity index (χ0n) is 12.2. The molecule has 0 aromatic carbocycles. The summed E-state index contributed by atoms with van der Waals surface area (Å²) < 4.78 is 59.3. The van der Waals surface area contributed by atoms with Crippen LogP contribution in [0.4, 0.5) is 18.0 Å². The minimum atomic E-state index is -4.22. The lowest BCUT2D eigenvalue weighted by Crippen LogP contribution is -2.46. The van der Waals surface area contributed by atoms with Crippen LogP contribution in [-0.4, -0.2) is 39.0 Å². The Morgan fingerprint density at radius 1 is 1.23 bits per heavy atom. The molecule has 2 atom stereocenters. The van der Waals surface area contributed by atoms with Gasteiger partial charge in [0.2, 0.25) is 10.0 Å². The van der Waals surface area contributed by atoms with E-state index in [1.54, 1.807) is 0 Å². The molecule has 1 aliphatic carbocycles. The summed E-state index contributed by atoms with van der Waals surface area (Å²) in [4.78, 5) is 11.6. The molecule has 0 radical (unpaired) electrons. The number of nitrogens with one attached hydrogen (secondary N) is 2. The molecular formula is C12H22F3N3O3S. The molecule has 130 valence electrons. The van der Waals surface area contributed by atoms with Crippen LogP contribution in [0.5, 0.6) is 0 Å². The van der Waals surface area contributed by atoms with Crippen molar-refractivity contribution < 1.29 is 26.4 Å². The maximum atomic E-state index is 12.6. The molecule has 0 aliphatic heterocycles. The molecule has 0 saturated heterocycles. The minimum Gasteiger partial charge on any atom is -0.338 e. The van der Waals surface area contributed by atoms with Crippen LogP contribution in [0.3, 0.4) is 0 Å². The van der Waals surface area contributed by atoms with Gasteiger partial charge in [0.25, 0.3) is 0 Å². The maximum Gasteiger partial charge on any atom is 0.391 e. The van der Waals surface area contributed by atoms with Crippen LogP contribution in [0.15, 0.2) is 0 Å². The zero-order valence-corrected chi connectivity index (χ0v) is 13.0. The van der Waals surface area contributed by atoms with Gasteiger partial charge in [-0.25, -0.2) is 18.4 Å². The summed E-state index contributed by atoms with van der Waals surface area (Å²) in [6.07, 6.45) is -2.49. The highest BCUT2D eigenvalue weighted by molar-refractivity contribution is 7.89. The highest BCUT2D eigenvalue weighted by atomic mass is 32.2. The van der Waals surface area contributed by atoms with Gasteiger partial charge in [-0.1, -0.05) is 6.42 Å². The Kier molecular flexibility index (Phi) is 6.92. The van der Waals surface area contributed by atoms with Crippen LogP contribution in [0, 0.1) is 5.92 Å². The number of nitrogens with two attached hydrogens (primary N) is 1. The molecule has 0 aromatic rings. The average molecular weight is 345 g/mol. The smallest absolute Gasteiger partial charge is 0.338 e. The molecule has 6 nitrogen and oxygen atoms in total. The minimum absolute atomic E-state index is 0.0949. The number of urea groups is 1. The Morgan fingerprint density at radius 3 is 2.50 bits per heavy atom. The first-order chi connectivity index (χ1) is 10.1. The number of sulfonamides is 1. The zero-order chi connectivity index (χ0) is 16.8. The van der Waals surface area contributed by atoms with Gasteiger partial charge >= 0.3 is 12.2 Å². The van der Waals surface area contributed by atoms with E-state index in [9.17, 15) is 26.4 Å². The van der Waals surface area contributed by atoms with E-state index >= 15 is 0 Å². The van der Waals surface area contributed by atoms with Crippen molar-refractivity contribution in [3.63, 3.8) is 0 Å². The molecule has 1 aliphatic rings. The molecular weight excluding hydrogens is 323 g/mol. The molecule has 1 saturated carbocycles. The fraction of sp³-hybridized carbons (Fsp3) is 0.917. The molecule has 1 rings (SSSR count). The van der Waals surface area contributed by atoms with Crippen molar-refractivity contribution in [3.8, 4) is 0 Å². The monoisotopic (exact) mass is 345 g/mol. The van der Waals surface area contributed by atoms with Crippen molar-refractivity contribution in [2.75, 3.05) is 12.3 Å². The van der Waals surface area contributed by atoms with Crippen molar-refractivity contribution in [3.05, 3.63) is 0 Å². The number of hydrogen-bond donors (Lipinski definition) is 3. The van der Waals surface area contributed by atoms with Crippen LogP contribution < -0.4 is 15.8 Å². The van der Waals surface area contributed by atoms with Gasteiger partial charge in [0.15, 0.2) is 0 Å². The van der Waals surface area contributed by atoms with E-state index in [0.29, 0.717) is 25.7 Å². The normalized spacial score (nSPS) is 23.1. The van der Waals surface area contributed by atoms with Gasteiger partial charge in [0, 0.05) is 12.6 Å². The Labute approximate surface area is 128 Å². The van der Waals surface area contributed by atoms with E-state index in [4.69, 9.17) is 5.14 Å². The van der Waals surface area contributed by atoms with E-state index in [-0.39, 0.29) is 25.1 Å². The van der Waals surface area contributed by atoms with E-state index < -0.39 is 34.2 Å². The summed E-state index contributed by atoms with van der Waals surface area (Å²) in [6, 6.07) is -1.01. The first-order valence-corrected chi connectivity index (χ1v) is 8.91. The van der Waals surface area contributed by atoms with Crippen LogP contribution in [0.1, 0.15) is 38.5 Å². The quantitative estimate of drug-likeness (QED) is 0.636. The van der Waals surface area contributed by atoms with Gasteiger partial charge in [0.05, 0.1) is 11.7 Å². The Morgan fingerprint density at radius 2 is 1.91 bits per heavy atom. The van der Waals surface area contributed by atoms with Gasteiger partial charge in [-0.05, 0) is 32.1 Å². The van der Waals surface area contributed by atoms with Crippen molar-refractivity contribution in [2.24, 2.45) is 11.1 Å². The third-order valence-corrected chi connectivity index (χ3v) is 4.47. The number of rotatable bonds is 6. The lowest BCUT2D eigenvalue weighted by Gasteiger charge is -2.31. The number of halogens is 3. The third kappa shape index (κ3) is 7.83. The molecule has 0 bridgehead atoms. The average Bonchev–Trinajstić information content (AvgIpc) is 2.36. The molecule has 2 unspecified atom stereocenters. The molecule has 2 amide bonds. The molecule has 4 N–H and O–H groups in total. The number of unbranched alkanes of at least 4 members (excludes halogenated alkanes) is 1. The van der Waals surface area contributed by atoms with Crippen LogP contribution in [0.2, 0.25) is 0 Å². The van der Waals surface area contributed by atoms with Gasteiger partial charge < -0.3 is 10.6 Å². The fourth-order valence-electron chi connectivity index (χ4n) is 2.48. The number of alkyl halides is 3. The lowest BCUT2D eigenvalue weighted by atomic mass is 9.85. The second-order valence-electron chi connectivity index (χ2n) is 5.58. The predicted molar refractivity (Wildman–Crippen MR) is 75.5 cm³/mol.